The summed E-state index contributed by atoms with van der Waals surface area (Å²) in [4.78, 5) is 23.8. The van der Waals surface area contributed by atoms with Crippen molar-refractivity contribution in [2.45, 2.75) is 19.3 Å². The van der Waals surface area contributed by atoms with Gasteiger partial charge in [-0.15, -0.1) is 0 Å². The Kier molecular flexibility index (Phi) is 4.80. The highest BCUT2D eigenvalue weighted by atomic mass is 19.1. The largest absolute Gasteiger partial charge is 0.494 e. The van der Waals surface area contributed by atoms with Crippen LogP contribution in [-0.4, -0.2) is 18.9 Å². The summed E-state index contributed by atoms with van der Waals surface area (Å²) in [6.07, 6.45) is 0.170. The van der Waals surface area contributed by atoms with Crippen molar-refractivity contribution in [3.63, 3.8) is 0 Å². The van der Waals surface area contributed by atoms with E-state index in [1.54, 1.807) is 42.5 Å². The Morgan fingerprint density at radius 1 is 1.24 bits per heavy atom. The van der Waals surface area contributed by atoms with E-state index < -0.39 is 0 Å². The number of anilines is 2. The third-order valence-corrected chi connectivity index (χ3v) is 4.83. The van der Waals surface area contributed by atoms with E-state index in [1.807, 2.05) is 0 Å². The van der Waals surface area contributed by atoms with Gasteiger partial charge in [-0.1, -0.05) is 12.1 Å². The van der Waals surface area contributed by atoms with Crippen molar-refractivity contribution >= 4 is 23.2 Å². The van der Waals surface area contributed by atoms with Crippen molar-refractivity contribution in [1.29, 1.82) is 0 Å². The summed E-state index contributed by atoms with van der Waals surface area (Å²) in [7, 11) is 1.49. The molecule has 2 heterocycles. The van der Waals surface area contributed by atoms with Crippen LogP contribution in [0.1, 0.15) is 30.6 Å². The van der Waals surface area contributed by atoms with Gasteiger partial charge in [-0.05, 0) is 35.9 Å². The minimum Gasteiger partial charge on any atom is -0.494 e. The third-order valence-electron chi connectivity index (χ3n) is 4.83. The van der Waals surface area contributed by atoms with Crippen LogP contribution in [0.4, 0.5) is 15.8 Å². The number of furan rings is 1. The number of amides is 2. The van der Waals surface area contributed by atoms with Crippen LogP contribution in [-0.2, 0) is 9.59 Å². The summed E-state index contributed by atoms with van der Waals surface area (Å²) in [5, 5.41) is 5.57. The lowest BCUT2D eigenvalue weighted by Crippen LogP contribution is -2.23. The first kappa shape index (κ1) is 18.7. The third kappa shape index (κ3) is 3.59. The lowest BCUT2D eigenvalue weighted by atomic mass is 9.88. The molecular weight excluding hydrogens is 375 g/mol. The first-order valence-corrected chi connectivity index (χ1v) is 9.10. The lowest BCUT2D eigenvalue weighted by Gasteiger charge is -2.26. The molecule has 2 amide bonds. The van der Waals surface area contributed by atoms with Gasteiger partial charge in [0.15, 0.2) is 0 Å². The molecule has 0 radical (unpaired) electrons. The van der Waals surface area contributed by atoms with E-state index in [4.69, 9.17) is 9.15 Å². The van der Waals surface area contributed by atoms with Gasteiger partial charge in [0, 0.05) is 25.1 Å². The van der Waals surface area contributed by atoms with Gasteiger partial charge in [0.2, 0.25) is 11.8 Å². The molecule has 7 heteroatoms. The Bertz CT molecular complexity index is 1110. The average molecular weight is 394 g/mol. The number of fused-ring (bicyclic) bond motifs is 1. The fourth-order valence-electron chi connectivity index (χ4n) is 3.55. The Morgan fingerprint density at radius 2 is 2.03 bits per heavy atom. The molecule has 0 fully saturated rings. The Balaban J connectivity index is 1.78. The second kappa shape index (κ2) is 7.43. The van der Waals surface area contributed by atoms with Gasteiger partial charge < -0.3 is 19.8 Å². The highest BCUT2D eigenvalue weighted by Crippen LogP contribution is 2.43. The second-order valence-corrected chi connectivity index (χ2v) is 6.81. The predicted octanol–water partition coefficient (Wildman–Crippen LogP) is 4.53. The van der Waals surface area contributed by atoms with Gasteiger partial charge in [-0.2, -0.15) is 0 Å². The molecule has 0 aliphatic carbocycles. The number of rotatable bonds is 4. The molecule has 0 saturated heterocycles. The van der Waals surface area contributed by atoms with Crippen molar-refractivity contribution < 1.29 is 23.1 Å². The monoisotopic (exact) mass is 394 g/mol. The Labute approximate surface area is 166 Å². The van der Waals surface area contributed by atoms with Gasteiger partial charge in [0.25, 0.3) is 0 Å². The molecule has 1 aliphatic rings. The molecule has 6 nitrogen and oxygen atoms in total. The van der Waals surface area contributed by atoms with Crippen LogP contribution < -0.4 is 15.4 Å². The maximum Gasteiger partial charge on any atom is 0.225 e. The number of benzene rings is 2. The van der Waals surface area contributed by atoms with Crippen molar-refractivity contribution in [2.75, 3.05) is 17.7 Å². The molecule has 2 N–H and O–H groups in total. The normalized spacial score (nSPS) is 15.4. The summed E-state index contributed by atoms with van der Waals surface area (Å²) in [5.74, 6) is 0.205. The van der Waals surface area contributed by atoms with E-state index in [1.165, 1.54) is 20.1 Å². The number of halogens is 1. The quantitative estimate of drug-likeness (QED) is 0.681. The molecule has 0 spiro atoms. The van der Waals surface area contributed by atoms with Gasteiger partial charge in [0.1, 0.15) is 23.1 Å². The van der Waals surface area contributed by atoms with Crippen LogP contribution >= 0.6 is 0 Å². The van der Waals surface area contributed by atoms with Crippen LogP contribution in [0, 0.1) is 5.82 Å². The highest BCUT2D eigenvalue weighted by Gasteiger charge is 2.30. The molecule has 1 aliphatic heterocycles. The second-order valence-electron chi connectivity index (χ2n) is 6.81. The van der Waals surface area contributed by atoms with Gasteiger partial charge >= 0.3 is 0 Å². The topological polar surface area (TPSA) is 80.6 Å². The van der Waals surface area contributed by atoms with Crippen molar-refractivity contribution in [2.24, 2.45) is 0 Å². The number of hydrogen-bond acceptors (Lipinski definition) is 4. The summed E-state index contributed by atoms with van der Waals surface area (Å²) in [6.45, 7) is 1.41. The van der Waals surface area contributed by atoms with E-state index in [9.17, 15) is 14.0 Å². The standard InChI is InChI=1S/C22H19FN2O4/c1-12(26)24-18-9-14-15(10-22(27)25-17(14)11-21(18)28-2)20-8-7-19(29-20)13-5-3-4-6-16(13)23/h3-9,11,15H,10H2,1-2H3,(H,24,26)(H,25,27). The fourth-order valence-corrected chi connectivity index (χ4v) is 3.55. The number of methoxy groups -OCH3 is 1. The lowest BCUT2D eigenvalue weighted by molar-refractivity contribution is -0.117. The molecule has 3 aromatic rings. The molecule has 0 saturated carbocycles. The Morgan fingerprint density at radius 3 is 2.76 bits per heavy atom. The van der Waals surface area contributed by atoms with E-state index in [0.717, 1.165) is 5.56 Å². The first-order valence-electron chi connectivity index (χ1n) is 9.10. The fraction of sp³-hybridized carbons (Fsp3) is 0.182. The smallest absolute Gasteiger partial charge is 0.225 e. The van der Waals surface area contributed by atoms with Crippen LogP contribution in [0.15, 0.2) is 52.9 Å². The van der Waals surface area contributed by atoms with E-state index in [-0.39, 0.29) is 30.0 Å². The van der Waals surface area contributed by atoms with E-state index >= 15 is 0 Å². The minimum atomic E-state index is -0.382. The maximum atomic E-state index is 14.1. The zero-order valence-electron chi connectivity index (χ0n) is 15.9. The summed E-state index contributed by atoms with van der Waals surface area (Å²) < 4.78 is 25.4. The molecule has 29 heavy (non-hydrogen) atoms. The molecule has 1 unspecified atom stereocenters. The molecule has 4 rings (SSSR count). The number of carbonyl (C=O) groups is 2. The predicted molar refractivity (Wildman–Crippen MR) is 106 cm³/mol. The molecular formula is C22H19FN2O4. The number of ether oxygens (including phenoxy) is 1. The van der Waals surface area contributed by atoms with Crippen LogP contribution in [0.3, 0.4) is 0 Å². The van der Waals surface area contributed by atoms with Gasteiger partial charge in [-0.3, -0.25) is 9.59 Å². The molecule has 1 aromatic heterocycles. The SMILES string of the molecule is COc1cc2c(cc1NC(C)=O)C(c1ccc(-c3ccccc3F)o1)CC(=O)N2. The van der Waals surface area contributed by atoms with Crippen LogP contribution in [0.5, 0.6) is 5.75 Å². The summed E-state index contributed by atoms with van der Waals surface area (Å²) in [5.41, 5.74) is 2.22. The van der Waals surface area contributed by atoms with Crippen LogP contribution in [0.25, 0.3) is 11.3 Å². The molecule has 2 aromatic carbocycles. The molecule has 1 atom stereocenters. The van der Waals surface area contributed by atoms with Gasteiger partial charge in [0.05, 0.1) is 24.3 Å². The summed E-state index contributed by atoms with van der Waals surface area (Å²) in [6, 6.07) is 13.2. The zero-order valence-corrected chi connectivity index (χ0v) is 15.9. The van der Waals surface area contributed by atoms with Gasteiger partial charge in [-0.25, -0.2) is 4.39 Å². The van der Waals surface area contributed by atoms with E-state index in [0.29, 0.717) is 34.2 Å². The molecule has 0 bridgehead atoms. The minimum absolute atomic E-state index is 0.166. The summed E-state index contributed by atoms with van der Waals surface area (Å²) >= 11 is 0. The molecule has 148 valence electrons. The number of nitrogens with one attached hydrogen (secondary N) is 2. The highest BCUT2D eigenvalue weighted by molar-refractivity contribution is 5.97. The average Bonchev–Trinajstić information content (AvgIpc) is 3.17. The van der Waals surface area contributed by atoms with E-state index in [2.05, 4.69) is 10.6 Å². The number of hydrogen-bond donors (Lipinski definition) is 2. The Hall–Kier alpha value is -3.61. The zero-order chi connectivity index (χ0) is 20.5. The van der Waals surface area contributed by atoms with Crippen molar-refractivity contribution in [3.8, 4) is 17.1 Å². The maximum absolute atomic E-state index is 14.1. The van der Waals surface area contributed by atoms with Crippen molar-refractivity contribution in [3.05, 3.63) is 65.7 Å². The number of carbonyl (C=O) groups excluding carboxylic acids is 2. The van der Waals surface area contributed by atoms with Crippen molar-refractivity contribution in [1.82, 2.24) is 0 Å². The van der Waals surface area contributed by atoms with Crippen LogP contribution in [0.2, 0.25) is 0 Å². The first-order chi connectivity index (χ1) is 14.0.